The zero-order valence-electron chi connectivity index (χ0n) is 18.1. The molecule has 2 aliphatic rings. The molecule has 0 spiro atoms. The van der Waals surface area contributed by atoms with Gasteiger partial charge in [0.2, 0.25) is 0 Å². The van der Waals surface area contributed by atoms with Gasteiger partial charge in [0.1, 0.15) is 11.9 Å². The van der Waals surface area contributed by atoms with Crippen molar-refractivity contribution in [3.8, 4) is 0 Å². The quantitative estimate of drug-likeness (QED) is 0.477. The summed E-state index contributed by atoms with van der Waals surface area (Å²) < 4.78 is 19.5. The molecular weight excluding hydrogens is 547 g/mol. The van der Waals surface area contributed by atoms with E-state index in [0.717, 1.165) is 16.3 Å². The Balaban J connectivity index is 1.67. The first-order valence-corrected chi connectivity index (χ1v) is 12.9. The summed E-state index contributed by atoms with van der Waals surface area (Å²) in [5, 5.41) is 15.4. The lowest BCUT2D eigenvalue weighted by molar-refractivity contribution is -0.138. The van der Waals surface area contributed by atoms with Gasteiger partial charge in [-0.15, -0.1) is 11.3 Å². The van der Waals surface area contributed by atoms with E-state index in [4.69, 9.17) is 26.4 Å². The summed E-state index contributed by atoms with van der Waals surface area (Å²) in [5.41, 5.74) is 2.50. The van der Waals surface area contributed by atoms with Crippen LogP contribution in [0.25, 0.3) is 0 Å². The van der Waals surface area contributed by atoms with Crippen molar-refractivity contribution < 1.29 is 19.0 Å². The minimum Gasteiger partial charge on any atom is -0.481 e. The highest BCUT2D eigenvalue weighted by Gasteiger charge is 2.30. The van der Waals surface area contributed by atoms with E-state index < -0.39 is 17.8 Å². The Bertz CT molecular complexity index is 1130. The van der Waals surface area contributed by atoms with Crippen molar-refractivity contribution in [2.75, 3.05) is 26.2 Å². The monoisotopic (exact) mass is 568 g/mol. The average molecular weight is 570 g/mol. The second-order valence-corrected chi connectivity index (χ2v) is 9.73. The molecule has 1 fully saturated rings. The van der Waals surface area contributed by atoms with Gasteiger partial charge in [-0.3, -0.25) is 14.7 Å². The summed E-state index contributed by atoms with van der Waals surface area (Å²) in [6.07, 6.45) is 4.03. The summed E-state index contributed by atoms with van der Waals surface area (Å²) in [7, 11) is 0. The van der Waals surface area contributed by atoms with Crippen LogP contribution in [0.3, 0.4) is 0 Å². The van der Waals surface area contributed by atoms with Crippen LogP contribution in [0.1, 0.15) is 29.5 Å². The van der Waals surface area contributed by atoms with Crippen LogP contribution in [0.4, 0.5) is 4.39 Å². The Kier molecular flexibility index (Phi) is 8.49. The van der Waals surface area contributed by atoms with Gasteiger partial charge in [-0.25, -0.2) is 9.37 Å². The van der Waals surface area contributed by atoms with Crippen LogP contribution >= 0.6 is 38.9 Å². The van der Waals surface area contributed by atoms with E-state index in [0.29, 0.717) is 49.1 Å². The number of aliphatic carboxylic acids is 1. The average Bonchev–Trinajstić information content (AvgIpc) is 3.34. The topological polar surface area (TPSA) is 87.0 Å². The number of carboxylic acid groups (broad SMARTS) is 1. The van der Waals surface area contributed by atoms with Crippen LogP contribution in [0.15, 0.2) is 57.1 Å². The lowest BCUT2D eigenvalue weighted by Gasteiger charge is -2.35. The molecule has 4 rings (SSSR count). The molecule has 7 nitrogen and oxygen atoms in total. The molecule has 1 aromatic heterocycles. The van der Waals surface area contributed by atoms with Gasteiger partial charge in [0.05, 0.1) is 12.7 Å². The van der Waals surface area contributed by atoms with Gasteiger partial charge in [0.25, 0.3) is 0 Å². The Labute approximate surface area is 214 Å². The van der Waals surface area contributed by atoms with E-state index in [9.17, 15) is 9.18 Å². The van der Waals surface area contributed by atoms with E-state index >= 15 is 0 Å². The summed E-state index contributed by atoms with van der Waals surface area (Å²) in [6.45, 7) is 2.43. The van der Waals surface area contributed by atoms with E-state index in [2.05, 4.69) is 31.1 Å². The molecule has 2 atom stereocenters. The maximum absolute atomic E-state index is 13.8. The van der Waals surface area contributed by atoms with E-state index in [1.54, 1.807) is 17.2 Å². The molecule has 1 aromatic carbocycles. The fourth-order valence-corrected chi connectivity index (χ4v) is 5.16. The molecule has 3 heterocycles. The number of benzene rings is 1. The van der Waals surface area contributed by atoms with E-state index in [1.807, 2.05) is 11.5 Å². The molecule has 0 amide bonds. The molecule has 2 aromatic rings. The Morgan fingerprint density at radius 1 is 1.47 bits per heavy atom. The molecule has 11 heteroatoms. The highest BCUT2D eigenvalue weighted by atomic mass is 79.9. The molecule has 1 saturated heterocycles. The lowest BCUT2D eigenvalue weighted by Crippen LogP contribution is -2.46. The molecule has 2 aliphatic heterocycles. The number of carboxylic acids is 1. The number of nitrogens with zero attached hydrogens (tertiary/aromatic N) is 3. The summed E-state index contributed by atoms with van der Waals surface area (Å²) in [6, 6.07) is 3.88. The second-order valence-electron chi connectivity index (χ2n) is 7.90. The van der Waals surface area contributed by atoms with E-state index in [1.165, 1.54) is 23.5 Å². The van der Waals surface area contributed by atoms with Gasteiger partial charge in [0, 0.05) is 53.9 Å². The van der Waals surface area contributed by atoms with Crippen LogP contribution < -0.4 is 5.32 Å². The van der Waals surface area contributed by atoms with Crippen LogP contribution in [0.5, 0.6) is 0 Å². The van der Waals surface area contributed by atoms with Crippen LogP contribution in [0, 0.1) is 5.82 Å². The molecule has 0 aliphatic carbocycles. The number of aliphatic imine (C=N–C) groups is 1. The molecular formula is C23H23BrClFN4O3S. The number of halogens is 3. The molecule has 180 valence electrons. The van der Waals surface area contributed by atoms with E-state index in [-0.39, 0.29) is 12.5 Å². The highest BCUT2D eigenvalue weighted by Crippen LogP contribution is 2.37. The standard InChI is InChI=1S/C23H23BrClFN4O3S/c24-6-5-17-19(13-30-8-9-33-15(12-30)2-4-20(31)32)28-22(23-27-7-10-34-23)29-21(17)16-3-1-14(26)11-18(16)25/h1,3,5-7,10-11,15,21H,2,4,8-9,12-13H2,(H,28,29)(H,31,32)/b6-5+/t15-,21?/m1/s1. The summed E-state index contributed by atoms with van der Waals surface area (Å²) >= 11 is 11.3. The van der Waals surface area contributed by atoms with Crippen molar-refractivity contribution in [3.05, 3.63) is 73.5 Å². The molecule has 0 saturated carbocycles. The normalized spacial score (nSPS) is 21.6. The van der Waals surface area contributed by atoms with Crippen LogP contribution in [-0.2, 0) is 9.53 Å². The number of thiazole rings is 1. The first kappa shape index (κ1) is 25.0. The Morgan fingerprint density at radius 2 is 2.32 bits per heavy atom. The number of rotatable bonds is 8. The first-order valence-electron chi connectivity index (χ1n) is 10.7. The lowest BCUT2D eigenvalue weighted by atomic mass is 9.95. The van der Waals surface area contributed by atoms with Crippen LogP contribution in [0.2, 0.25) is 5.02 Å². The highest BCUT2D eigenvalue weighted by molar-refractivity contribution is 9.11. The Morgan fingerprint density at radius 3 is 3.03 bits per heavy atom. The van der Waals surface area contributed by atoms with Gasteiger partial charge in [-0.1, -0.05) is 33.6 Å². The van der Waals surface area contributed by atoms with Crippen molar-refractivity contribution in [2.45, 2.75) is 25.0 Å². The fourth-order valence-electron chi connectivity index (χ4n) is 4.02. The predicted molar refractivity (Wildman–Crippen MR) is 134 cm³/mol. The molecule has 2 N–H and O–H groups in total. The number of amidine groups is 1. The van der Waals surface area contributed by atoms with Gasteiger partial charge < -0.3 is 15.2 Å². The number of hydrogen-bond acceptors (Lipinski definition) is 7. The molecule has 34 heavy (non-hydrogen) atoms. The maximum atomic E-state index is 13.8. The number of aromatic nitrogens is 1. The van der Waals surface area contributed by atoms with Crippen molar-refractivity contribution in [3.63, 3.8) is 0 Å². The van der Waals surface area contributed by atoms with Crippen LogP contribution in [-0.4, -0.2) is 59.1 Å². The van der Waals surface area contributed by atoms with Gasteiger partial charge >= 0.3 is 5.97 Å². The third-order valence-electron chi connectivity index (χ3n) is 5.59. The maximum Gasteiger partial charge on any atom is 0.303 e. The minimum absolute atomic E-state index is 0.0724. The van der Waals surface area contributed by atoms with Crippen molar-refractivity contribution in [2.24, 2.45) is 4.99 Å². The Hall–Kier alpha value is -2.11. The van der Waals surface area contributed by atoms with Gasteiger partial charge in [-0.05, 0) is 35.2 Å². The molecule has 0 radical (unpaired) electrons. The number of morpholine rings is 1. The van der Waals surface area contributed by atoms with Gasteiger partial charge in [0.15, 0.2) is 10.8 Å². The smallest absolute Gasteiger partial charge is 0.303 e. The summed E-state index contributed by atoms with van der Waals surface area (Å²) in [4.78, 5) is 24.3. The largest absolute Gasteiger partial charge is 0.481 e. The van der Waals surface area contributed by atoms with Crippen molar-refractivity contribution >= 4 is 50.7 Å². The fraction of sp³-hybridized carbons (Fsp3) is 0.348. The zero-order chi connectivity index (χ0) is 24.1. The SMILES string of the molecule is O=C(O)CC[C@@H]1CN(CC2=C(/C=C/Br)C(c3ccc(F)cc3Cl)N=C(c3nccs3)N2)CCO1. The third kappa shape index (κ3) is 6.11. The molecule has 1 unspecified atom stereocenters. The van der Waals surface area contributed by atoms with Gasteiger partial charge in [-0.2, -0.15) is 0 Å². The van der Waals surface area contributed by atoms with Crippen molar-refractivity contribution in [1.29, 1.82) is 0 Å². The zero-order valence-corrected chi connectivity index (χ0v) is 21.2. The third-order valence-corrected chi connectivity index (χ3v) is 6.96. The minimum atomic E-state index is -0.828. The predicted octanol–water partition coefficient (Wildman–Crippen LogP) is 4.76. The number of nitrogens with one attached hydrogen (secondary N) is 1. The molecule has 0 bridgehead atoms. The van der Waals surface area contributed by atoms with Crippen molar-refractivity contribution in [1.82, 2.24) is 15.2 Å². The number of carbonyl (C=O) groups is 1. The number of ether oxygens (including phenoxy) is 1. The number of hydrogen-bond donors (Lipinski definition) is 2. The first-order chi connectivity index (χ1) is 16.4. The summed E-state index contributed by atoms with van der Waals surface area (Å²) in [5.74, 6) is -0.613. The second kappa shape index (κ2) is 11.5.